The average Bonchev–Trinajstić information content (AvgIpc) is 2.37. The quantitative estimate of drug-likeness (QED) is 0.747. The molecule has 0 saturated heterocycles. The molecule has 0 fully saturated rings. The lowest BCUT2D eigenvalue weighted by atomic mass is 10.1. The predicted molar refractivity (Wildman–Crippen MR) is 73.6 cm³/mol. The molecule has 18 heavy (non-hydrogen) atoms. The lowest BCUT2D eigenvalue weighted by Gasteiger charge is -2.08. The monoisotopic (exact) mass is 269 g/mol. The minimum absolute atomic E-state index is 0.0222. The van der Waals surface area contributed by atoms with Crippen LogP contribution in [0.5, 0.6) is 0 Å². The molecule has 100 valence electrons. The molecular formula is C14H20ClNO2. The molecule has 0 aliphatic carbocycles. The van der Waals surface area contributed by atoms with Crippen molar-refractivity contribution in [2.45, 2.75) is 26.2 Å². The molecule has 0 aliphatic heterocycles. The van der Waals surface area contributed by atoms with Crippen molar-refractivity contribution in [3.8, 4) is 0 Å². The van der Waals surface area contributed by atoms with E-state index >= 15 is 0 Å². The third-order valence-corrected chi connectivity index (χ3v) is 3.04. The molecule has 1 atom stereocenters. The van der Waals surface area contributed by atoms with Crippen molar-refractivity contribution < 1.29 is 9.90 Å². The topological polar surface area (TPSA) is 49.3 Å². The summed E-state index contributed by atoms with van der Waals surface area (Å²) in [5.74, 6) is 0.326. The van der Waals surface area contributed by atoms with Gasteiger partial charge in [0.05, 0.1) is 6.42 Å². The minimum atomic E-state index is 0.0222. The number of carbonyl (C=O) groups excluding carboxylic acids is 1. The van der Waals surface area contributed by atoms with E-state index in [4.69, 9.17) is 16.7 Å². The van der Waals surface area contributed by atoms with Gasteiger partial charge in [0, 0.05) is 18.2 Å². The molecule has 1 unspecified atom stereocenters. The van der Waals surface area contributed by atoms with Crippen LogP contribution < -0.4 is 5.32 Å². The standard InChI is InChI=1S/C14H20ClNO2/c1-11(10-17)3-2-8-16-14(18)9-12-4-6-13(15)7-5-12/h4-7,11,17H,2-3,8-10H2,1H3,(H,16,18). The maximum Gasteiger partial charge on any atom is 0.224 e. The average molecular weight is 270 g/mol. The molecule has 0 saturated carbocycles. The van der Waals surface area contributed by atoms with Crippen molar-refractivity contribution in [3.05, 3.63) is 34.9 Å². The van der Waals surface area contributed by atoms with Gasteiger partial charge in [-0.25, -0.2) is 0 Å². The number of nitrogens with one attached hydrogen (secondary N) is 1. The number of halogens is 1. The molecule has 1 amide bonds. The molecule has 0 aromatic heterocycles. The van der Waals surface area contributed by atoms with Gasteiger partial charge in [-0.3, -0.25) is 4.79 Å². The SMILES string of the molecule is CC(CO)CCCNC(=O)Cc1ccc(Cl)cc1. The molecule has 0 radical (unpaired) electrons. The van der Waals surface area contributed by atoms with Gasteiger partial charge in [0.25, 0.3) is 0 Å². The Labute approximate surface area is 113 Å². The lowest BCUT2D eigenvalue weighted by molar-refractivity contribution is -0.120. The van der Waals surface area contributed by atoms with Crippen molar-refractivity contribution in [1.29, 1.82) is 0 Å². The predicted octanol–water partition coefficient (Wildman–Crippen LogP) is 2.41. The summed E-state index contributed by atoms with van der Waals surface area (Å²) in [6, 6.07) is 7.28. The Hall–Kier alpha value is -1.06. The van der Waals surface area contributed by atoms with Crippen LogP contribution in [0.15, 0.2) is 24.3 Å². The molecule has 1 aromatic rings. The van der Waals surface area contributed by atoms with E-state index in [1.165, 1.54) is 0 Å². The first kappa shape index (κ1) is 15.0. The summed E-state index contributed by atoms with van der Waals surface area (Å²) in [5.41, 5.74) is 0.959. The van der Waals surface area contributed by atoms with Gasteiger partial charge in [-0.05, 0) is 36.5 Å². The third kappa shape index (κ3) is 6.03. The van der Waals surface area contributed by atoms with Crippen LogP contribution in [0.1, 0.15) is 25.3 Å². The Bertz CT molecular complexity index is 365. The van der Waals surface area contributed by atoms with Crippen LogP contribution in [0.4, 0.5) is 0 Å². The molecule has 1 aromatic carbocycles. The van der Waals surface area contributed by atoms with Crippen molar-refractivity contribution >= 4 is 17.5 Å². The number of aliphatic hydroxyl groups is 1. The van der Waals surface area contributed by atoms with Crippen LogP contribution in [0.3, 0.4) is 0 Å². The summed E-state index contributed by atoms with van der Waals surface area (Å²) in [6.45, 7) is 2.87. The van der Waals surface area contributed by atoms with Crippen molar-refractivity contribution in [1.82, 2.24) is 5.32 Å². The van der Waals surface area contributed by atoms with E-state index < -0.39 is 0 Å². The first-order valence-corrected chi connectivity index (χ1v) is 6.61. The fourth-order valence-electron chi connectivity index (χ4n) is 1.62. The molecule has 1 rings (SSSR count). The molecule has 0 spiro atoms. The van der Waals surface area contributed by atoms with Gasteiger partial charge in [0.15, 0.2) is 0 Å². The molecule has 2 N–H and O–H groups in total. The summed E-state index contributed by atoms with van der Waals surface area (Å²) >= 11 is 5.77. The van der Waals surface area contributed by atoms with E-state index in [0.29, 0.717) is 23.9 Å². The summed E-state index contributed by atoms with van der Waals surface area (Å²) in [6.07, 6.45) is 2.21. The van der Waals surface area contributed by atoms with E-state index in [1.54, 1.807) is 12.1 Å². The smallest absolute Gasteiger partial charge is 0.224 e. The van der Waals surface area contributed by atoms with Crippen LogP contribution in [0.2, 0.25) is 5.02 Å². The normalized spacial score (nSPS) is 12.2. The van der Waals surface area contributed by atoms with Crippen LogP contribution in [0.25, 0.3) is 0 Å². The summed E-state index contributed by atoms with van der Waals surface area (Å²) in [4.78, 5) is 11.6. The van der Waals surface area contributed by atoms with E-state index in [9.17, 15) is 4.79 Å². The largest absolute Gasteiger partial charge is 0.396 e. The van der Waals surface area contributed by atoms with E-state index in [2.05, 4.69) is 5.32 Å². The number of hydrogen-bond donors (Lipinski definition) is 2. The highest BCUT2D eigenvalue weighted by Crippen LogP contribution is 2.09. The Morgan fingerprint density at radius 3 is 2.67 bits per heavy atom. The van der Waals surface area contributed by atoms with E-state index in [-0.39, 0.29) is 12.5 Å². The van der Waals surface area contributed by atoms with E-state index in [1.807, 2.05) is 19.1 Å². The highest BCUT2D eigenvalue weighted by Gasteiger charge is 2.04. The van der Waals surface area contributed by atoms with Crippen LogP contribution in [-0.2, 0) is 11.2 Å². The molecule has 4 heteroatoms. The van der Waals surface area contributed by atoms with Gasteiger partial charge in [0.2, 0.25) is 5.91 Å². The van der Waals surface area contributed by atoms with Gasteiger partial charge < -0.3 is 10.4 Å². The third-order valence-electron chi connectivity index (χ3n) is 2.79. The number of aliphatic hydroxyl groups excluding tert-OH is 1. The Kier molecular flexibility index (Phi) is 6.76. The zero-order valence-corrected chi connectivity index (χ0v) is 11.4. The maximum atomic E-state index is 11.6. The number of hydrogen-bond acceptors (Lipinski definition) is 2. The Balaban J connectivity index is 2.19. The van der Waals surface area contributed by atoms with Gasteiger partial charge in [-0.15, -0.1) is 0 Å². The van der Waals surface area contributed by atoms with E-state index in [0.717, 1.165) is 18.4 Å². The lowest BCUT2D eigenvalue weighted by Crippen LogP contribution is -2.26. The second-order valence-corrected chi connectivity index (χ2v) is 5.02. The van der Waals surface area contributed by atoms with Gasteiger partial charge in [0.1, 0.15) is 0 Å². The number of carbonyl (C=O) groups is 1. The van der Waals surface area contributed by atoms with Crippen molar-refractivity contribution in [2.75, 3.05) is 13.2 Å². The van der Waals surface area contributed by atoms with Crippen molar-refractivity contribution in [3.63, 3.8) is 0 Å². The fraction of sp³-hybridized carbons (Fsp3) is 0.500. The Morgan fingerprint density at radius 2 is 2.06 bits per heavy atom. The van der Waals surface area contributed by atoms with Crippen LogP contribution in [0, 0.1) is 5.92 Å². The van der Waals surface area contributed by atoms with Crippen LogP contribution in [-0.4, -0.2) is 24.2 Å². The first-order valence-electron chi connectivity index (χ1n) is 6.24. The molecule has 0 aliphatic rings. The summed E-state index contributed by atoms with van der Waals surface area (Å²) in [7, 11) is 0. The number of rotatable bonds is 7. The molecule has 0 heterocycles. The summed E-state index contributed by atoms with van der Waals surface area (Å²) in [5, 5.41) is 12.4. The van der Waals surface area contributed by atoms with Gasteiger partial charge >= 0.3 is 0 Å². The van der Waals surface area contributed by atoms with Gasteiger partial charge in [-0.2, -0.15) is 0 Å². The second-order valence-electron chi connectivity index (χ2n) is 4.58. The highest BCUT2D eigenvalue weighted by atomic mass is 35.5. The highest BCUT2D eigenvalue weighted by molar-refractivity contribution is 6.30. The zero-order valence-electron chi connectivity index (χ0n) is 10.7. The Morgan fingerprint density at radius 1 is 1.39 bits per heavy atom. The second kappa shape index (κ2) is 8.11. The first-order chi connectivity index (χ1) is 8.61. The number of benzene rings is 1. The fourth-order valence-corrected chi connectivity index (χ4v) is 1.75. The number of amides is 1. The maximum absolute atomic E-state index is 11.6. The minimum Gasteiger partial charge on any atom is -0.396 e. The zero-order chi connectivity index (χ0) is 13.4. The molecule has 3 nitrogen and oxygen atoms in total. The van der Waals surface area contributed by atoms with Gasteiger partial charge in [-0.1, -0.05) is 30.7 Å². The molecular weight excluding hydrogens is 250 g/mol. The molecule has 0 bridgehead atoms. The summed E-state index contributed by atoms with van der Waals surface area (Å²) < 4.78 is 0. The van der Waals surface area contributed by atoms with Crippen molar-refractivity contribution in [2.24, 2.45) is 5.92 Å². The van der Waals surface area contributed by atoms with Crippen LogP contribution >= 0.6 is 11.6 Å².